The minimum atomic E-state index is -0.302. The van der Waals surface area contributed by atoms with Crippen LogP contribution < -0.4 is 10.3 Å². The summed E-state index contributed by atoms with van der Waals surface area (Å²) in [5.74, 6) is -0.302. The molecule has 0 radical (unpaired) electrons. The van der Waals surface area contributed by atoms with Gasteiger partial charge in [0, 0.05) is 29.0 Å². The molecule has 0 aliphatic carbocycles. The molecule has 0 bridgehead atoms. The Hall–Kier alpha value is -3.11. The first-order chi connectivity index (χ1) is 12.6. The molecule has 4 nitrogen and oxygen atoms in total. The normalized spacial score (nSPS) is 10.7. The van der Waals surface area contributed by atoms with E-state index in [0.717, 1.165) is 16.9 Å². The van der Waals surface area contributed by atoms with Gasteiger partial charge in [0.2, 0.25) is 0 Å². The Morgan fingerprint density at radius 3 is 2.35 bits per heavy atom. The largest absolute Gasteiger partial charge is 0.345 e. The number of hydrazone groups is 1. The van der Waals surface area contributed by atoms with Gasteiger partial charge in [0.25, 0.3) is 5.91 Å². The zero-order chi connectivity index (χ0) is 18.4. The number of nitrogens with one attached hydrogen (secondary N) is 1. The highest BCUT2D eigenvalue weighted by molar-refractivity contribution is 6.30. The SMILES string of the molecule is CN(c1ccccc1)c1ccc(C=NNC(=O)c2cccc(Cl)c2)cc1. The van der Waals surface area contributed by atoms with Gasteiger partial charge in [-0.2, -0.15) is 5.10 Å². The number of rotatable bonds is 5. The molecular weight excluding hydrogens is 346 g/mol. The minimum absolute atomic E-state index is 0.302. The van der Waals surface area contributed by atoms with Gasteiger partial charge in [0.1, 0.15) is 0 Å². The predicted octanol–water partition coefficient (Wildman–Crippen LogP) is 4.87. The van der Waals surface area contributed by atoms with Crippen molar-refractivity contribution in [3.8, 4) is 0 Å². The smallest absolute Gasteiger partial charge is 0.271 e. The zero-order valence-electron chi connectivity index (χ0n) is 14.3. The summed E-state index contributed by atoms with van der Waals surface area (Å²) in [5, 5.41) is 4.51. The summed E-state index contributed by atoms with van der Waals surface area (Å²) in [4.78, 5) is 14.1. The van der Waals surface area contributed by atoms with Crippen molar-refractivity contribution in [1.29, 1.82) is 0 Å². The number of hydrogen-bond donors (Lipinski definition) is 1. The first-order valence-electron chi connectivity index (χ1n) is 8.11. The average molecular weight is 364 g/mol. The van der Waals surface area contributed by atoms with Crippen LogP contribution in [0.3, 0.4) is 0 Å². The molecule has 3 rings (SSSR count). The minimum Gasteiger partial charge on any atom is -0.345 e. The fraction of sp³-hybridized carbons (Fsp3) is 0.0476. The summed E-state index contributed by atoms with van der Waals surface area (Å²) in [6.45, 7) is 0. The first kappa shape index (κ1) is 17.7. The molecule has 0 saturated carbocycles. The third kappa shape index (κ3) is 4.49. The van der Waals surface area contributed by atoms with Crippen LogP contribution in [0.1, 0.15) is 15.9 Å². The molecule has 1 N–H and O–H groups in total. The molecule has 0 aliphatic heterocycles. The summed E-state index contributed by atoms with van der Waals surface area (Å²) >= 11 is 5.88. The van der Waals surface area contributed by atoms with E-state index in [2.05, 4.69) is 27.6 Å². The van der Waals surface area contributed by atoms with Crippen LogP contribution in [0, 0.1) is 0 Å². The molecule has 0 saturated heterocycles. The van der Waals surface area contributed by atoms with Crippen LogP contribution in [-0.4, -0.2) is 19.2 Å². The van der Waals surface area contributed by atoms with E-state index in [1.54, 1.807) is 30.5 Å². The molecule has 0 aromatic heterocycles. The first-order valence-corrected chi connectivity index (χ1v) is 8.49. The fourth-order valence-corrected chi connectivity index (χ4v) is 2.63. The summed E-state index contributed by atoms with van der Waals surface area (Å²) in [6.07, 6.45) is 1.61. The van der Waals surface area contributed by atoms with E-state index in [9.17, 15) is 4.79 Å². The summed E-state index contributed by atoms with van der Waals surface area (Å²) < 4.78 is 0. The van der Waals surface area contributed by atoms with Gasteiger partial charge in [-0.25, -0.2) is 5.43 Å². The van der Waals surface area contributed by atoms with Crippen molar-refractivity contribution < 1.29 is 4.79 Å². The number of para-hydroxylation sites is 1. The van der Waals surface area contributed by atoms with Crippen LogP contribution in [0.25, 0.3) is 0 Å². The van der Waals surface area contributed by atoms with Crippen molar-refractivity contribution in [3.63, 3.8) is 0 Å². The number of amides is 1. The van der Waals surface area contributed by atoms with Crippen LogP contribution in [-0.2, 0) is 0 Å². The average Bonchev–Trinajstić information content (AvgIpc) is 2.68. The maximum Gasteiger partial charge on any atom is 0.271 e. The van der Waals surface area contributed by atoms with Crippen LogP contribution in [0.5, 0.6) is 0 Å². The zero-order valence-corrected chi connectivity index (χ0v) is 15.0. The number of nitrogens with zero attached hydrogens (tertiary/aromatic N) is 2. The molecule has 3 aromatic carbocycles. The Morgan fingerprint density at radius 1 is 0.962 bits per heavy atom. The van der Waals surface area contributed by atoms with E-state index in [0.29, 0.717) is 10.6 Å². The highest BCUT2D eigenvalue weighted by Crippen LogP contribution is 2.22. The van der Waals surface area contributed by atoms with Crippen molar-refractivity contribution >= 4 is 35.1 Å². The maximum absolute atomic E-state index is 12.0. The molecule has 26 heavy (non-hydrogen) atoms. The Labute approximate surface area is 157 Å². The summed E-state index contributed by atoms with van der Waals surface area (Å²) in [7, 11) is 2.02. The summed E-state index contributed by atoms with van der Waals surface area (Å²) in [6, 6.07) is 24.8. The van der Waals surface area contributed by atoms with E-state index in [4.69, 9.17) is 11.6 Å². The van der Waals surface area contributed by atoms with Crippen molar-refractivity contribution in [1.82, 2.24) is 5.43 Å². The van der Waals surface area contributed by atoms with Crippen LogP contribution in [0.15, 0.2) is 84.0 Å². The Balaban J connectivity index is 1.62. The fourth-order valence-electron chi connectivity index (χ4n) is 2.44. The molecule has 0 spiro atoms. The third-order valence-corrected chi connectivity index (χ3v) is 4.13. The van der Waals surface area contributed by atoms with E-state index in [-0.39, 0.29) is 5.91 Å². The maximum atomic E-state index is 12.0. The Bertz CT molecular complexity index is 908. The molecule has 0 fully saturated rings. The quantitative estimate of drug-likeness (QED) is 0.519. The Kier molecular flexibility index (Phi) is 5.66. The molecule has 1 amide bonds. The molecular formula is C21H18ClN3O. The van der Waals surface area contributed by atoms with E-state index in [1.807, 2.05) is 49.5 Å². The summed E-state index contributed by atoms with van der Waals surface area (Å²) in [5.41, 5.74) is 6.04. The van der Waals surface area contributed by atoms with Gasteiger partial charge in [-0.3, -0.25) is 4.79 Å². The second-order valence-electron chi connectivity index (χ2n) is 5.70. The van der Waals surface area contributed by atoms with Crippen molar-refractivity contribution in [2.75, 3.05) is 11.9 Å². The van der Waals surface area contributed by atoms with Crippen LogP contribution >= 0.6 is 11.6 Å². The molecule has 3 aromatic rings. The molecule has 0 unspecified atom stereocenters. The molecule has 0 atom stereocenters. The number of carbonyl (C=O) groups excluding carboxylic acids is 1. The van der Waals surface area contributed by atoms with E-state index in [1.165, 1.54) is 0 Å². The number of carbonyl (C=O) groups is 1. The van der Waals surface area contributed by atoms with Crippen molar-refractivity contribution in [2.45, 2.75) is 0 Å². The predicted molar refractivity (Wildman–Crippen MR) is 107 cm³/mol. The standard InChI is InChI=1S/C21H18ClN3O/c1-25(19-8-3-2-4-9-19)20-12-10-16(11-13-20)15-23-24-21(26)17-6-5-7-18(22)14-17/h2-15H,1H3,(H,24,26). The van der Waals surface area contributed by atoms with Gasteiger partial charge in [-0.1, -0.05) is 48.0 Å². The second kappa shape index (κ2) is 8.32. The van der Waals surface area contributed by atoms with E-state index < -0.39 is 0 Å². The van der Waals surface area contributed by atoms with E-state index >= 15 is 0 Å². The third-order valence-electron chi connectivity index (χ3n) is 3.89. The number of benzene rings is 3. The van der Waals surface area contributed by atoms with Gasteiger partial charge in [-0.15, -0.1) is 0 Å². The second-order valence-corrected chi connectivity index (χ2v) is 6.13. The molecule has 0 aliphatic rings. The lowest BCUT2D eigenvalue weighted by Crippen LogP contribution is -2.17. The van der Waals surface area contributed by atoms with Crippen molar-refractivity contribution in [2.24, 2.45) is 5.10 Å². The lowest BCUT2D eigenvalue weighted by atomic mass is 10.2. The number of halogens is 1. The van der Waals surface area contributed by atoms with Crippen LogP contribution in [0.4, 0.5) is 11.4 Å². The van der Waals surface area contributed by atoms with Gasteiger partial charge in [0.05, 0.1) is 6.21 Å². The monoisotopic (exact) mass is 363 g/mol. The van der Waals surface area contributed by atoms with Gasteiger partial charge < -0.3 is 4.90 Å². The highest BCUT2D eigenvalue weighted by atomic mass is 35.5. The molecule has 0 heterocycles. The van der Waals surface area contributed by atoms with Gasteiger partial charge in [0.15, 0.2) is 0 Å². The topological polar surface area (TPSA) is 44.7 Å². The van der Waals surface area contributed by atoms with Gasteiger partial charge >= 0.3 is 0 Å². The number of anilines is 2. The molecule has 5 heteroatoms. The lowest BCUT2D eigenvalue weighted by Gasteiger charge is -2.19. The van der Waals surface area contributed by atoms with Crippen LogP contribution in [0.2, 0.25) is 5.02 Å². The Morgan fingerprint density at radius 2 is 1.65 bits per heavy atom. The number of hydrogen-bond acceptors (Lipinski definition) is 3. The van der Waals surface area contributed by atoms with Gasteiger partial charge in [-0.05, 0) is 48.0 Å². The highest BCUT2D eigenvalue weighted by Gasteiger charge is 2.04. The van der Waals surface area contributed by atoms with Crippen molar-refractivity contribution in [3.05, 3.63) is 95.0 Å². The lowest BCUT2D eigenvalue weighted by molar-refractivity contribution is 0.0955. The molecule has 130 valence electrons.